The summed E-state index contributed by atoms with van der Waals surface area (Å²) in [6.45, 7) is 3.54. The number of carboxylic acids is 2. The van der Waals surface area contributed by atoms with Gasteiger partial charge in [0.1, 0.15) is 12.1 Å². The maximum Gasteiger partial charge on any atom is 1.00 e. The summed E-state index contributed by atoms with van der Waals surface area (Å²) in [6.07, 6.45) is 3.98. The van der Waals surface area contributed by atoms with Gasteiger partial charge in [0.25, 0.3) is 23.0 Å². The van der Waals surface area contributed by atoms with E-state index in [2.05, 4.69) is 113 Å². The molecule has 20 N–H and O–H groups in total. The molecule has 0 aliphatic rings. The van der Waals surface area contributed by atoms with Crippen LogP contribution in [0.5, 0.6) is 5.75 Å². The van der Waals surface area contributed by atoms with Crippen LogP contribution in [0.3, 0.4) is 0 Å². The molecule has 0 aliphatic heterocycles. The maximum absolute atomic E-state index is 12.4. The molecule has 0 spiro atoms. The Morgan fingerprint density at radius 1 is 0.486 bits per heavy atom. The molecule has 5 rings (SSSR count). The summed E-state index contributed by atoms with van der Waals surface area (Å²) < 4.78 is 48.4. The van der Waals surface area contributed by atoms with Gasteiger partial charge in [-0.15, -0.1) is 0 Å². The van der Waals surface area contributed by atoms with E-state index < -0.39 is 88.1 Å². The Labute approximate surface area is 687 Å². The molecular formula is C64H82BrClF5KN28O11. The van der Waals surface area contributed by atoms with Gasteiger partial charge in [0, 0.05) is 125 Å². The molecule has 0 heterocycles. The molecule has 111 heavy (non-hydrogen) atoms. The van der Waals surface area contributed by atoms with E-state index in [0.29, 0.717) is 123 Å². The molecule has 0 saturated carbocycles. The molecule has 0 fully saturated rings. The first-order chi connectivity index (χ1) is 51.8. The van der Waals surface area contributed by atoms with E-state index in [1.165, 1.54) is 50.4 Å². The van der Waals surface area contributed by atoms with Crippen LogP contribution >= 0.6 is 27.5 Å². The van der Waals surface area contributed by atoms with Gasteiger partial charge in [-0.1, -0.05) is 91.0 Å². The van der Waals surface area contributed by atoms with E-state index in [0.717, 1.165) is 0 Å². The number of benzene rings is 5. The fourth-order valence-electron chi connectivity index (χ4n) is 7.90. The third-order valence-electron chi connectivity index (χ3n) is 13.6. The predicted molar refractivity (Wildman–Crippen MR) is 405 cm³/mol. The summed E-state index contributed by atoms with van der Waals surface area (Å²) in [6, 6.07) is 21.6. The van der Waals surface area contributed by atoms with E-state index in [1.54, 1.807) is 81.8 Å². The first-order valence-corrected chi connectivity index (χ1v) is 33.2. The Morgan fingerprint density at radius 3 is 1.06 bits per heavy atom. The third-order valence-corrected chi connectivity index (χ3v) is 14.3. The number of phenols is 1. The zero-order valence-corrected chi connectivity index (χ0v) is 66.1. The number of hydrogen-bond donors (Lipinski definition) is 15. The third kappa shape index (κ3) is 45.2. The van der Waals surface area contributed by atoms with E-state index >= 15 is 0 Å². The molecule has 5 aromatic rings. The molecule has 0 aliphatic carbocycles. The second kappa shape index (κ2) is 60.5. The smallest absolute Gasteiger partial charge is 1.00 e. The Balaban J connectivity index is -0.00000129. The van der Waals surface area contributed by atoms with E-state index in [4.69, 9.17) is 72.6 Å². The number of aliphatic imine (C=N–C) groups is 4. The van der Waals surface area contributed by atoms with Crippen LogP contribution in [0.4, 0.5) is 40.3 Å². The number of Topliss-reactive ketones (excluding diaryl/α,β-unsaturated/α-hetero) is 2. The number of alkyl halides is 1. The summed E-state index contributed by atoms with van der Waals surface area (Å²) in [5.74, 6) is -10.9. The summed E-state index contributed by atoms with van der Waals surface area (Å²) in [7, 11) is 6.26. The van der Waals surface area contributed by atoms with Gasteiger partial charge in [0.15, 0.2) is 52.8 Å². The molecule has 0 radical (unpaired) electrons. The monoisotopic (exact) mass is 1670 g/mol. The molecule has 3 amide bonds. The van der Waals surface area contributed by atoms with Gasteiger partial charge < -0.3 is 85.9 Å². The number of azide groups is 4. The number of carbonyl (C=O) groups excluding carboxylic acids is 6. The summed E-state index contributed by atoms with van der Waals surface area (Å²) in [5.41, 5.74) is 63.0. The number of halogens is 7. The van der Waals surface area contributed by atoms with E-state index in [1.807, 2.05) is 0 Å². The van der Waals surface area contributed by atoms with Gasteiger partial charge in [-0.3, -0.25) is 53.5 Å². The quantitative estimate of drug-likeness (QED) is 0.00251. The summed E-state index contributed by atoms with van der Waals surface area (Å²) in [4.78, 5) is 118. The minimum Gasteiger partial charge on any atom is -1.00 e. The Morgan fingerprint density at radius 2 is 0.775 bits per heavy atom. The van der Waals surface area contributed by atoms with Crippen LogP contribution in [0, 0.1) is 23.3 Å². The number of guanidine groups is 4. The topological polar surface area (TPSA) is 656 Å². The number of ketones is 2. The van der Waals surface area contributed by atoms with Gasteiger partial charge in [0.2, 0.25) is 11.6 Å². The van der Waals surface area contributed by atoms with Gasteiger partial charge in [-0.05, 0) is 134 Å². The molecule has 0 unspecified atom stereocenters. The van der Waals surface area contributed by atoms with Crippen molar-refractivity contribution >= 4 is 121 Å². The average Bonchev–Trinajstić information content (AvgIpc) is 0.841. The molecule has 0 aromatic heterocycles. The van der Waals surface area contributed by atoms with Crippen LogP contribution in [0.1, 0.15) is 99.7 Å². The number of carboxylic acid groups (broad SMARTS) is 2. The van der Waals surface area contributed by atoms with Gasteiger partial charge in [-0.25, -0.2) is 13.6 Å². The minimum absolute atomic E-state index is 0. The molecule has 594 valence electrons. The van der Waals surface area contributed by atoms with E-state index in [9.17, 15) is 61.0 Å². The Bertz CT molecular complexity index is 4050. The second-order valence-electron chi connectivity index (χ2n) is 21.3. The van der Waals surface area contributed by atoms with Crippen molar-refractivity contribution in [2.75, 3.05) is 59.7 Å². The number of carbonyl (C=O) groups is 8. The Kier molecular flexibility index (Phi) is 56.6. The normalized spacial score (nSPS) is 11.5. The minimum atomic E-state index is -1.79. The number of nitrogens with two attached hydrogens (primary N) is 5. The summed E-state index contributed by atoms with van der Waals surface area (Å²) >= 11 is 8.33. The van der Waals surface area contributed by atoms with Crippen LogP contribution in [-0.2, 0) is 19.2 Å². The van der Waals surface area contributed by atoms with Crippen molar-refractivity contribution in [3.63, 3.8) is 0 Å². The number of aromatic hydroxyl groups is 1. The number of hydrogen-bond acceptors (Lipinski definition) is 18. The van der Waals surface area contributed by atoms with Crippen molar-refractivity contribution in [3.8, 4) is 5.75 Å². The first kappa shape index (κ1) is 104. The number of rotatable bonds is 32. The number of phenolic OH excluding ortho intramolecular Hbond substituents is 1. The molecular weight excluding hydrogens is 1590 g/mol. The van der Waals surface area contributed by atoms with Crippen LogP contribution in [0.15, 0.2) is 144 Å². The maximum atomic E-state index is 12.4. The van der Waals surface area contributed by atoms with Crippen molar-refractivity contribution < 1.29 is 127 Å². The zero-order chi connectivity index (χ0) is 82.4. The average molecular weight is 1670 g/mol. The SMILES string of the molecule is CN=C(N)NCCC[C@H](N)C(=O)O.CN=C(N)NCCC[C@H](NC(=O)c1cccc(N=[N+]=[N-])c1)C(=O)CBr.CN=C(N)NCCC[C@H](NC(=O)c1cccc(N=[N+]=[N-])c1)C(=O)O.CN=C(N)NCCC[C@H](NC(=O)c1cccc(N=[N+]=[N-])c1)C(C)=O.Oc1c(F)c(F)cc(F)c1F.[F-].[K+].[N-]=[N+]=Nc1cccc(C(=O)Cl)c1. The van der Waals surface area contributed by atoms with Crippen LogP contribution in [-0.4, -0.2) is 169 Å². The van der Waals surface area contributed by atoms with Crippen LogP contribution in [0.25, 0.3) is 41.8 Å². The van der Waals surface area contributed by atoms with Gasteiger partial charge in [-0.2, -0.15) is 8.78 Å². The number of nitrogens with one attached hydrogen (secondary N) is 7. The van der Waals surface area contributed by atoms with Crippen molar-refractivity contribution in [2.24, 2.45) is 69.1 Å². The number of aliphatic carboxylic acids is 2. The van der Waals surface area contributed by atoms with Crippen molar-refractivity contribution in [1.82, 2.24) is 37.2 Å². The fourth-order valence-corrected chi connectivity index (χ4v) is 8.41. The predicted octanol–water partition coefficient (Wildman–Crippen LogP) is 2.44. The summed E-state index contributed by atoms with van der Waals surface area (Å²) in [5, 5.41) is 58.5. The van der Waals surface area contributed by atoms with Crippen molar-refractivity contribution in [3.05, 3.63) is 190 Å². The molecule has 39 nitrogen and oxygen atoms in total. The molecule has 0 bridgehead atoms. The molecule has 5 aromatic carbocycles. The van der Waals surface area contributed by atoms with Crippen LogP contribution < -0.4 is 122 Å². The standard InChI is InChI=1S/C15H20BrN7O2.C15H21N7O2.C14H19N7O3.C7H4ClN3O.C7H16N4O2.C6H2F4O.FH.K/c1-19-15(17)20-7-3-6-12(13(24)9-16)21-14(25)10-4-2-5-11(8-10)22-23-18;1-10(23)13(7-4-8-19-15(16)18-2)20-14(24)11-5-3-6-12(9-11)21-22-17;1-17-14(15)18-7-3-6-11(13(23)24)19-12(22)9-4-2-5-10(8-9)20-21-16;8-7(12)5-2-1-3-6(4-5)10-11-9;1-10-7(9)11-4-2-3-5(8)6(12)13;7-2-1-3(8)5(10)6(11)4(2)9;;/h2,4-5,8,12H,3,6-7,9H2,1H3,(H,21,25)(H3,17,19,20);3,5-6,9,13H,4,7-8H2,1-2H3,(H,20,24)(H3,16,18,19);2,4-5,8,11H,3,6-7H2,1H3,(H,19,22)(H,23,24)(H3,15,17,18);1-4H;5H,2-4,8H2,1H3,(H,12,13)(H3,9,10,11);1,11H;1H;/q;;;;;;;+1/p-1/t12-;13-;11-;;5-;;;/m000.0.../s1. The molecule has 0 saturated heterocycles. The van der Waals surface area contributed by atoms with Gasteiger partial charge >= 0.3 is 63.3 Å². The van der Waals surface area contributed by atoms with Crippen LogP contribution in [0.2, 0.25) is 0 Å². The van der Waals surface area contributed by atoms with Crippen molar-refractivity contribution in [2.45, 2.75) is 82.5 Å². The number of nitrogens with zero attached hydrogens (tertiary/aromatic N) is 16. The fraction of sp³-hybridized carbons (Fsp3) is 0.344. The van der Waals surface area contributed by atoms with E-state index in [-0.39, 0.29) is 103 Å². The Hall–Kier alpha value is -11.4. The first-order valence-electron chi connectivity index (χ1n) is 31.7. The zero-order valence-electron chi connectivity index (χ0n) is 60.6. The van der Waals surface area contributed by atoms with Crippen molar-refractivity contribution in [1.29, 1.82) is 0 Å². The second-order valence-corrected chi connectivity index (χ2v) is 22.2. The largest absolute Gasteiger partial charge is 1.00 e. The molecule has 4 atom stereocenters. The van der Waals surface area contributed by atoms with Gasteiger partial charge in [0.05, 0.1) is 17.4 Å². The molecule has 47 heteroatoms. The number of amides is 3.